The van der Waals surface area contributed by atoms with Crippen LogP contribution in [-0.2, 0) is 0 Å². The lowest BCUT2D eigenvalue weighted by Gasteiger charge is -2.16. The molecule has 20 heavy (non-hydrogen) atoms. The Morgan fingerprint density at radius 1 is 0.950 bits per heavy atom. The van der Waals surface area contributed by atoms with Gasteiger partial charge in [0.15, 0.2) is 0 Å². The molecule has 106 valence electrons. The molecule has 0 heterocycles. The molecule has 0 unspecified atom stereocenters. The fraction of sp³-hybridized carbons (Fsp3) is 0.353. The number of fused-ring (bicyclic) bond motifs is 1. The van der Waals surface area contributed by atoms with Crippen molar-refractivity contribution in [2.75, 3.05) is 0 Å². The van der Waals surface area contributed by atoms with Gasteiger partial charge in [-0.2, -0.15) is 0 Å². The maximum Gasteiger partial charge on any atom is 0.150 e. The van der Waals surface area contributed by atoms with Crippen LogP contribution in [0.2, 0.25) is 0 Å². The molecule has 0 saturated heterocycles. The Labute approximate surface area is 119 Å². The molecule has 0 spiro atoms. The zero-order chi connectivity index (χ0) is 14.7. The van der Waals surface area contributed by atoms with E-state index in [0.29, 0.717) is 5.56 Å². The summed E-state index contributed by atoms with van der Waals surface area (Å²) in [5, 5.41) is 1.93. The topological polar surface area (TPSA) is 35.5 Å². The predicted molar refractivity (Wildman–Crippen MR) is 80.9 cm³/mol. The average molecular weight is 272 g/mol. The van der Waals surface area contributed by atoms with E-state index in [9.17, 15) is 4.79 Å². The molecule has 0 aliphatic heterocycles. The number of ether oxygens (including phenoxy) is 2. The van der Waals surface area contributed by atoms with Gasteiger partial charge in [-0.25, -0.2) is 0 Å². The maximum absolute atomic E-state index is 10.9. The summed E-state index contributed by atoms with van der Waals surface area (Å²) in [5.74, 6) is 1.54. The van der Waals surface area contributed by atoms with Crippen LogP contribution in [0.3, 0.4) is 0 Å². The standard InChI is InChI=1S/C17H20O3/c1-11(2)19-15-8-14-7-13(10-18)5-6-16(14)17(9-15)20-12(3)4/h5-12H,1-4H3. The average Bonchev–Trinajstić information content (AvgIpc) is 2.36. The lowest BCUT2D eigenvalue weighted by molar-refractivity contribution is 0.112. The van der Waals surface area contributed by atoms with E-state index in [4.69, 9.17) is 9.47 Å². The van der Waals surface area contributed by atoms with Crippen LogP contribution >= 0.6 is 0 Å². The Kier molecular flexibility index (Phi) is 4.28. The van der Waals surface area contributed by atoms with E-state index in [1.165, 1.54) is 0 Å². The minimum absolute atomic E-state index is 0.0817. The van der Waals surface area contributed by atoms with E-state index in [0.717, 1.165) is 28.6 Å². The van der Waals surface area contributed by atoms with E-state index < -0.39 is 0 Å². The summed E-state index contributed by atoms with van der Waals surface area (Å²) in [6.45, 7) is 7.94. The van der Waals surface area contributed by atoms with Crippen molar-refractivity contribution >= 4 is 17.1 Å². The highest BCUT2D eigenvalue weighted by molar-refractivity contribution is 5.93. The first-order valence-corrected chi connectivity index (χ1v) is 6.86. The molecule has 0 radical (unpaired) electrons. The van der Waals surface area contributed by atoms with E-state index in [1.54, 1.807) is 6.07 Å². The van der Waals surface area contributed by atoms with Gasteiger partial charge in [0.05, 0.1) is 12.2 Å². The Morgan fingerprint density at radius 3 is 2.25 bits per heavy atom. The lowest BCUT2D eigenvalue weighted by Crippen LogP contribution is -2.08. The summed E-state index contributed by atoms with van der Waals surface area (Å²) in [4.78, 5) is 10.9. The van der Waals surface area contributed by atoms with E-state index in [-0.39, 0.29) is 12.2 Å². The SMILES string of the molecule is CC(C)Oc1cc(OC(C)C)c2ccc(C=O)cc2c1. The van der Waals surface area contributed by atoms with Gasteiger partial charge in [0.2, 0.25) is 0 Å². The molecule has 0 atom stereocenters. The maximum atomic E-state index is 10.9. The van der Waals surface area contributed by atoms with Gasteiger partial charge in [0.1, 0.15) is 17.8 Å². The summed E-state index contributed by atoms with van der Waals surface area (Å²) in [6, 6.07) is 9.41. The molecule has 0 amide bonds. The minimum Gasteiger partial charge on any atom is -0.491 e. The second kappa shape index (κ2) is 5.95. The van der Waals surface area contributed by atoms with Crippen LogP contribution in [0, 0.1) is 0 Å². The Bertz CT molecular complexity index is 615. The number of aldehydes is 1. The zero-order valence-corrected chi connectivity index (χ0v) is 12.3. The second-order valence-corrected chi connectivity index (χ2v) is 5.35. The Morgan fingerprint density at radius 2 is 1.65 bits per heavy atom. The highest BCUT2D eigenvalue weighted by atomic mass is 16.5. The molecule has 2 aromatic rings. The Hall–Kier alpha value is -2.03. The first-order valence-electron chi connectivity index (χ1n) is 6.86. The smallest absolute Gasteiger partial charge is 0.150 e. The van der Waals surface area contributed by atoms with Crippen molar-refractivity contribution in [2.24, 2.45) is 0 Å². The fourth-order valence-electron chi connectivity index (χ4n) is 2.09. The number of hydrogen-bond donors (Lipinski definition) is 0. The molecule has 0 saturated carbocycles. The monoisotopic (exact) mass is 272 g/mol. The fourth-order valence-corrected chi connectivity index (χ4v) is 2.09. The number of benzene rings is 2. The summed E-state index contributed by atoms with van der Waals surface area (Å²) < 4.78 is 11.6. The van der Waals surface area contributed by atoms with Crippen LogP contribution in [0.25, 0.3) is 10.8 Å². The number of hydrogen-bond acceptors (Lipinski definition) is 3. The van der Waals surface area contributed by atoms with Crippen LogP contribution in [0.5, 0.6) is 11.5 Å². The van der Waals surface area contributed by atoms with Crippen LogP contribution < -0.4 is 9.47 Å². The molecule has 0 aliphatic rings. The van der Waals surface area contributed by atoms with Crippen molar-refractivity contribution in [1.29, 1.82) is 0 Å². The molecule has 0 bridgehead atoms. The normalized spacial score (nSPS) is 11.1. The largest absolute Gasteiger partial charge is 0.491 e. The molecule has 0 N–H and O–H groups in total. The third-order valence-corrected chi connectivity index (χ3v) is 2.78. The lowest BCUT2D eigenvalue weighted by atomic mass is 10.1. The van der Waals surface area contributed by atoms with Gasteiger partial charge in [-0.05, 0) is 51.3 Å². The van der Waals surface area contributed by atoms with Gasteiger partial charge >= 0.3 is 0 Å². The van der Waals surface area contributed by atoms with Crippen molar-refractivity contribution in [3.8, 4) is 11.5 Å². The van der Waals surface area contributed by atoms with Gasteiger partial charge in [0.25, 0.3) is 0 Å². The quantitative estimate of drug-likeness (QED) is 0.764. The van der Waals surface area contributed by atoms with E-state index in [2.05, 4.69) is 0 Å². The molecule has 0 fully saturated rings. The van der Waals surface area contributed by atoms with Crippen molar-refractivity contribution in [3.05, 3.63) is 35.9 Å². The number of rotatable bonds is 5. The van der Waals surface area contributed by atoms with Gasteiger partial charge in [-0.15, -0.1) is 0 Å². The third-order valence-electron chi connectivity index (χ3n) is 2.78. The predicted octanol–water partition coefficient (Wildman–Crippen LogP) is 4.23. The van der Waals surface area contributed by atoms with Crippen molar-refractivity contribution in [1.82, 2.24) is 0 Å². The van der Waals surface area contributed by atoms with Crippen molar-refractivity contribution < 1.29 is 14.3 Å². The zero-order valence-electron chi connectivity index (χ0n) is 12.3. The molecular formula is C17H20O3. The summed E-state index contributed by atoms with van der Waals surface area (Å²) in [7, 11) is 0. The first-order chi connectivity index (χ1) is 9.49. The molecule has 3 nitrogen and oxygen atoms in total. The summed E-state index contributed by atoms with van der Waals surface area (Å²) >= 11 is 0. The molecule has 2 aromatic carbocycles. The van der Waals surface area contributed by atoms with Gasteiger partial charge in [-0.3, -0.25) is 4.79 Å². The summed E-state index contributed by atoms with van der Waals surface area (Å²) in [5.41, 5.74) is 0.648. The van der Waals surface area contributed by atoms with Crippen LogP contribution in [0.1, 0.15) is 38.1 Å². The Balaban J connectivity index is 2.57. The van der Waals surface area contributed by atoms with Gasteiger partial charge < -0.3 is 9.47 Å². The third kappa shape index (κ3) is 3.29. The second-order valence-electron chi connectivity index (χ2n) is 5.35. The van der Waals surface area contributed by atoms with Crippen molar-refractivity contribution in [2.45, 2.75) is 39.9 Å². The number of carbonyl (C=O) groups excluding carboxylic acids is 1. The molecule has 0 aromatic heterocycles. The highest BCUT2D eigenvalue weighted by Crippen LogP contribution is 2.33. The van der Waals surface area contributed by atoms with Crippen LogP contribution in [0.15, 0.2) is 30.3 Å². The van der Waals surface area contributed by atoms with E-state index in [1.807, 2.05) is 52.0 Å². The highest BCUT2D eigenvalue weighted by Gasteiger charge is 2.09. The van der Waals surface area contributed by atoms with Gasteiger partial charge in [-0.1, -0.05) is 6.07 Å². The number of carbonyl (C=O) groups is 1. The molecular weight excluding hydrogens is 252 g/mol. The van der Waals surface area contributed by atoms with E-state index >= 15 is 0 Å². The molecule has 0 aliphatic carbocycles. The van der Waals surface area contributed by atoms with Gasteiger partial charge in [0, 0.05) is 17.0 Å². The van der Waals surface area contributed by atoms with Crippen LogP contribution in [0.4, 0.5) is 0 Å². The molecule has 2 rings (SSSR count). The van der Waals surface area contributed by atoms with Crippen molar-refractivity contribution in [3.63, 3.8) is 0 Å². The first kappa shape index (κ1) is 14.4. The minimum atomic E-state index is 0.0817. The molecule has 3 heteroatoms. The van der Waals surface area contributed by atoms with Crippen LogP contribution in [-0.4, -0.2) is 18.5 Å². The summed E-state index contributed by atoms with van der Waals surface area (Å²) in [6.07, 6.45) is 1.02.